The normalized spacial score (nSPS) is 21.4. The summed E-state index contributed by atoms with van der Waals surface area (Å²) in [6.45, 7) is 2.88. The van der Waals surface area contributed by atoms with Crippen LogP contribution in [-0.2, 0) is 14.6 Å². The minimum absolute atomic E-state index is 0.124. The van der Waals surface area contributed by atoms with Crippen molar-refractivity contribution in [2.45, 2.75) is 44.2 Å². The minimum atomic E-state index is -2.89. The molecule has 0 aromatic heterocycles. The van der Waals surface area contributed by atoms with E-state index in [1.54, 1.807) is 7.11 Å². The second-order valence-electron chi connectivity index (χ2n) is 4.65. The molecule has 5 heteroatoms. The summed E-state index contributed by atoms with van der Waals surface area (Å²) in [4.78, 5) is 0. The molecule has 1 unspecified atom stereocenters. The van der Waals surface area contributed by atoms with Crippen molar-refractivity contribution in [3.8, 4) is 0 Å². The van der Waals surface area contributed by atoms with Crippen LogP contribution in [0.25, 0.3) is 0 Å². The highest BCUT2D eigenvalue weighted by molar-refractivity contribution is 7.90. The summed E-state index contributed by atoms with van der Waals surface area (Å²) in [5.74, 6) is 0.232. The highest BCUT2D eigenvalue weighted by atomic mass is 32.2. The van der Waals surface area contributed by atoms with Crippen LogP contribution in [0.1, 0.15) is 32.6 Å². The summed E-state index contributed by atoms with van der Waals surface area (Å²) < 4.78 is 28.0. The van der Waals surface area contributed by atoms with Crippen molar-refractivity contribution in [2.24, 2.45) is 0 Å². The highest BCUT2D eigenvalue weighted by Crippen LogP contribution is 2.39. The zero-order valence-corrected chi connectivity index (χ0v) is 11.3. The van der Waals surface area contributed by atoms with Gasteiger partial charge in [-0.25, -0.2) is 8.42 Å². The van der Waals surface area contributed by atoms with E-state index in [-0.39, 0.29) is 17.4 Å². The fourth-order valence-electron chi connectivity index (χ4n) is 2.35. The number of sulfone groups is 1. The zero-order chi connectivity index (χ0) is 12.2. The van der Waals surface area contributed by atoms with Crippen molar-refractivity contribution < 1.29 is 13.2 Å². The lowest BCUT2D eigenvalue weighted by Gasteiger charge is -2.47. The van der Waals surface area contributed by atoms with Crippen LogP contribution >= 0.6 is 0 Å². The van der Waals surface area contributed by atoms with Gasteiger partial charge < -0.3 is 10.1 Å². The van der Waals surface area contributed by atoms with Crippen molar-refractivity contribution in [3.63, 3.8) is 0 Å². The number of rotatable bonds is 7. The monoisotopic (exact) mass is 249 g/mol. The summed E-state index contributed by atoms with van der Waals surface area (Å²) in [7, 11) is -1.16. The Labute approximate surface area is 98.7 Å². The Morgan fingerprint density at radius 3 is 2.38 bits per heavy atom. The van der Waals surface area contributed by atoms with Crippen LogP contribution in [-0.4, -0.2) is 45.7 Å². The molecule has 1 aliphatic rings. The van der Waals surface area contributed by atoms with E-state index < -0.39 is 9.84 Å². The van der Waals surface area contributed by atoms with Crippen molar-refractivity contribution in [1.29, 1.82) is 0 Å². The molecule has 16 heavy (non-hydrogen) atoms. The first-order valence-corrected chi connectivity index (χ1v) is 7.96. The molecule has 1 N–H and O–H groups in total. The third kappa shape index (κ3) is 3.43. The first kappa shape index (κ1) is 13.9. The molecule has 1 aliphatic carbocycles. The number of nitrogens with one attached hydrogen (secondary N) is 1. The molecule has 1 rings (SSSR count). The maximum Gasteiger partial charge on any atom is 0.147 e. The Balaban J connectivity index is 2.59. The number of likely N-dealkylation sites (N-methyl/N-ethyl adjacent to an activating group) is 1. The van der Waals surface area contributed by atoms with Gasteiger partial charge in [-0.2, -0.15) is 0 Å². The topological polar surface area (TPSA) is 55.4 Å². The van der Waals surface area contributed by atoms with Crippen LogP contribution in [0.2, 0.25) is 0 Å². The van der Waals surface area contributed by atoms with Crippen LogP contribution in [0.4, 0.5) is 0 Å². The van der Waals surface area contributed by atoms with Gasteiger partial charge in [0.2, 0.25) is 0 Å². The van der Waals surface area contributed by atoms with E-state index in [0.29, 0.717) is 6.42 Å². The molecule has 0 heterocycles. The van der Waals surface area contributed by atoms with E-state index >= 15 is 0 Å². The number of methoxy groups -OCH3 is 1. The molecule has 1 fully saturated rings. The number of hydrogen-bond acceptors (Lipinski definition) is 4. The van der Waals surface area contributed by atoms with Gasteiger partial charge in [-0.3, -0.25) is 0 Å². The lowest BCUT2D eigenvalue weighted by atomic mass is 9.73. The zero-order valence-electron chi connectivity index (χ0n) is 10.5. The van der Waals surface area contributed by atoms with Gasteiger partial charge in [0.05, 0.1) is 11.4 Å². The van der Waals surface area contributed by atoms with Crippen molar-refractivity contribution >= 4 is 9.84 Å². The Hall–Kier alpha value is -0.130. The molecule has 0 radical (unpaired) electrons. The molecule has 4 nitrogen and oxygen atoms in total. The predicted octanol–water partition coefficient (Wildman–Crippen LogP) is 0.968. The second-order valence-corrected chi connectivity index (χ2v) is 6.91. The van der Waals surface area contributed by atoms with Crippen molar-refractivity contribution in [3.05, 3.63) is 0 Å². The molecule has 0 spiro atoms. The molecule has 1 atom stereocenters. The molecule has 1 saturated carbocycles. The number of ether oxygens (including phenoxy) is 1. The van der Waals surface area contributed by atoms with E-state index in [2.05, 4.69) is 5.32 Å². The largest absolute Gasteiger partial charge is 0.377 e. The first-order valence-electron chi connectivity index (χ1n) is 5.90. The highest BCUT2D eigenvalue weighted by Gasteiger charge is 2.43. The smallest absolute Gasteiger partial charge is 0.147 e. The second kappa shape index (κ2) is 5.47. The van der Waals surface area contributed by atoms with Gasteiger partial charge in [-0.1, -0.05) is 6.92 Å². The van der Waals surface area contributed by atoms with Gasteiger partial charge in [0.15, 0.2) is 0 Å². The maximum atomic E-state index is 11.2. The molecule has 0 aromatic carbocycles. The molecular weight excluding hydrogens is 226 g/mol. The first-order chi connectivity index (χ1) is 7.43. The van der Waals surface area contributed by atoms with Crippen LogP contribution in [0.3, 0.4) is 0 Å². The van der Waals surface area contributed by atoms with E-state index in [0.717, 1.165) is 19.4 Å². The Morgan fingerprint density at radius 1 is 1.44 bits per heavy atom. The molecule has 0 aliphatic heterocycles. The lowest BCUT2D eigenvalue weighted by molar-refractivity contribution is -0.0984. The summed E-state index contributed by atoms with van der Waals surface area (Å²) in [6, 6.07) is 0.158. The molecule has 0 aromatic rings. The van der Waals surface area contributed by atoms with Crippen LogP contribution in [0.15, 0.2) is 0 Å². The average Bonchev–Trinajstić information content (AvgIpc) is 2.12. The third-order valence-corrected chi connectivity index (χ3v) is 4.45. The van der Waals surface area contributed by atoms with Gasteiger partial charge in [0.1, 0.15) is 9.84 Å². The lowest BCUT2D eigenvalue weighted by Crippen LogP contribution is -2.56. The summed E-state index contributed by atoms with van der Waals surface area (Å²) in [6.07, 6.45) is 5.17. The van der Waals surface area contributed by atoms with E-state index in [9.17, 15) is 8.42 Å². The standard InChI is InChI=1S/C11H23NO3S/c1-4-12-10(6-9-16(3,13)14)11(15-2)7-5-8-11/h10,12H,4-9H2,1-3H3. The van der Waals surface area contributed by atoms with E-state index in [1.165, 1.54) is 12.7 Å². The summed E-state index contributed by atoms with van der Waals surface area (Å²) in [5, 5.41) is 3.36. The van der Waals surface area contributed by atoms with Gasteiger partial charge in [-0.05, 0) is 32.2 Å². The van der Waals surface area contributed by atoms with Gasteiger partial charge in [-0.15, -0.1) is 0 Å². The Kier molecular flexibility index (Phi) is 4.76. The SMILES string of the molecule is CCNC(CCS(C)(=O)=O)C1(OC)CCC1. The Morgan fingerprint density at radius 2 is 2.06 bits per heavy atom. The van der Waals surface area contributed by atoms with Gasteiger partial charge in [0, 0.05) is 19.4 Å². The Bertz CT molecular complexity index is 304. The van der Waals surface area contributed by atoms with Gasteiger partial charge >= 0.3 is 0 Å². The molecular formula is C11H23NO3S. The average molecular weight is 249 g/mol. The molecule has 0 amide bonds. The molecule has 96 valence electrons. The van der Waals surface area contributed by atoms with Crippen molar-refractivity contribution in [2.75, 3.05) is 25.7 Å². The quantitative estimate of drug-likeness (QED) is 0.730. The van der Waals surface area contributed by atoms with E-state index in [1.807, 2.05) is 6.92 Å². The van der Waals surface area contributed by atoms with Crippen molar-refractivity contribution in [1.82, 2.24) is 5.32 Å². The fraction of sp³-hybridized carbons (Fsp3) is 1.00. The van der Waals surface area contributed by atoms with Crippen LogP contribution < -0.4 is 5.32 Å². The fourth-order valence-corrected chi connectivity index (χ4v) is 3.01. The molecule has 0 bridgehead atoms. The molecule has 0 saturated heterocycles. The predicted molar refractivity (Wildman–Crippen MR) is 65.4 cm³/mol. The van der Waals surface area contributed by atoms with E-state index in [4.69, 9.17) is 4.74 Å². The van der Waals surface area contributed by atoms with Gasteiger partial charge in [0.25, 0.3) is 0 Å². The third-order valence-electron chi connectivity index (χ3n) is 3.47. The van der Waals surface area contributed by atoms with Crippen LogP contribution in [0.5, 0.6) is 0 Å². The maximum absolute atomic E-state index is 11.2. The summed E-state index contributed by atoms with van der Waals surface area (Å²) >= 11 is 0. The summed E-state index contributed by atoms with van der Waals surface area (Å²) in [5.41, 5.74) is -0.124. The number of hydrogen-bond donors (Lipinski definition) is 1. The minimum Gasteiger partial charge on any atom is -0.377 e. The van der Waals surface area contributed by atoms with Crippen LogP contribution in [0, 0.1) is 0 Å².